The van der Waals surface area contributed by atoms with Crippen LogP contribution in [0.5, 0.6) is 0 Å². The van der Waals surface area contributed by atoms with Crippen LogP contribution in [0.15, 0.2) is 18.7 Å². The normalized spacial score (nSPS) is 18.6. The molecule has 3 heterocycles. The molecule has 0 aromatic carbocycles. The molecule has 0 aliphatic carbocycles. The molecule has 0 spiro atoms. The molecule has 2 aromatic heterocycles. The predicted molar refractivity (Wildman–Crippen MR) is 68.8 cm³/mol. The van der Waals surface area contributed by atoms with Crippen LogP contribution in [0.1, 0.15) is 12.8 Å². The molecule has 2 aromatic rings. The maximum atomic E-state index is 5.68. The van der Waals surface area contributed by atoms with Crippen molar-refractivity contribution in [3.8, 4) is 5.95 Å². The fourth-order valence-corrected chi connectivity index (χ4v) is 1.96. The number of hydrogen-bond acceptors (Lipinski definition) is 7. The summed E-state index contributed by atoms with van der Waals surface area (Å²) >= 11 is 0. The highest BCUT2D eigenvalue weighted by Gasteiger charge is 2.15. The van der Waals surface area contributed by atoms with Crippen LogP contribution in [0, 0.1) is 0 Å². The second kappa shape index (κ2) is 5.19. The summed E-state index contributed by atoms with van der Waals surface area (Å²) in [6, 6.07) is 0. The zero-order valence-corrected chi connectivity index (χ0v) is 10.4. The lowest BCUT2D eigenvalue weighted by atomic mass is 10.2. The van der Waals surface area contributed by atoms with E-state index >= 15 is 0 Å². The number of nitrogens with two attached hydrogens (primary N) is 1. The van der Waals surface area contributed by atoms with Gasteiger partial charge in [-0.05, 0) is 12.8 Å². The highest BCUT2D eigenvalue weighted by molar-refractivity contribution is 5.35. The van der Waals surface area contributed by atoms with Gasteiger partial charge in [0.05, 0.1) is 6.10 Å². The van der Waals surface area contributed by atoms with Crippen LogP contribution in [0.3, 0.4) is 0 Å². The first-order chi connectivity index (χ1) is 9.31. The van der Waals surface area contributed by atoms with Gasteiger partial charge in [0.15, 0.2) is 0 Å². The summed E-state index contributed by atoms with van der Waals surface area (Å²) in [7, 11) is 0. The van der Waals surface area contributed by atoms with Crippen molar-refractivity contribution in [3.63, 3.8) is 0 Å². The van der Waals surface area contributed by atoms with Crippen LogP contribution in [-0.4, -0.2) is 43.8 Å². The Morgan fingerprint density at radius 3 is 3.11 bits per heavy atom. The molecule has 8 nitrogen and oxygen atoms in total. The molecular weight excluding hydrogens is 246 g/mol. The Balaban J connectivity index is 1.74. The Hall–Kier alpha value is -2.22. The number of nitrogens with one attached hydrogen (secondary N) is 1. The molecule has 3 rings (SSSR count). The Morgan fingerprint density at radius 2 is 2.37 bits per heavy atom. The molecule has 0 radical (unpaired) electrons. The third-order valence-corrected chi connectivity index (χ3v) is 2.89. The lowest BCUT2D eigenvalue weighted by Gasteiger charge is -2.11. The fraction of sp³-hybridized carbons (Fsp3) is 0.455. The van der Waals surface area contributed by atoms with Crippen molar-refractivity contribution in [2.24, 2.45) is 0 Å². The van der Waals surface area contributed by atoms with E-state index in [0.717, 1.165) is 19.4 Å². The minimum absolute atomic E-state index is 0.175. The molecule has 1 saturated heterocycles. The van der Waals surface area contributed by atoms with E-state index in [-0.39, 0.29) is 12.1 Å². The number of imidazole rings is 1. The lowest BCUT2D eigenvalue weighted by molar-refractivity contribution is 0.120. The lowest BCUT2D eigenvalue weighted by Crippen LogP contribution is -2.20. The minimum atomic E-state index is 0.175. The van der Waals surface area contributed by atoms with Crippen molar-refractivity contribution >= 4 is 11.9 Å². The molecular formula is C11H15N7O. The molecule has 1 unspecified atom stereocenters. The van der Waals surface area contributed by atoms with E-state index in [1.54, 1.807) is 23.3 Å². The summed E-state index contributed by atoms with van der Waals surface area (Å²) in [5.41, 5.74) is 5.68. The first-order valence-electron chi connectivity index (χ1n) is 6.16. The van der Waals surface area contributed by atoms with Gasteiger partial charge in [0.25, 0.3) is 0 Å². The van der Waals surface area contributed by atoms with Gasteiger partial charge in [0.2, 0.25) is 17.8 Å². The third-order valence-electron chi connectivity index (χ3n) is 2.89. The maximum Gasteiger partial charge on any atom is 0.241 e. The molecule has 1 fully saturated rings. The highest BCUT2D eigenvalue weighted by atomic mass is 16.5. The van der Waals surface area contributed by atoms with Gasteiger partial charge in [0.1, 0.15) is 6.33 Å². The molecule has 0 saturated carbocycles. The molecule has 19 heavy (non-hydrogen) atoms. The van der Waals surface area contributed by atoms with Gasteiger partial charge in [-0.1, -0.05) is 0 Å². The predicted octanol–water partition coefficient (Wildman–Crippen LogP) is 0.230. The van der Waals surface area contributed by atoms with Crippen LogP contribution in [0.4, 0.5) is 11.9 Å². The third kappa shape index (κ3) is 2.79. The standard InChI is InChI=1S/C11H15N7O/c12-9-15-10(14-6-8-2-1-5-19-8)17-11(16-9)18-4-3-13-7-18/h3-4,7-8H,1-2,5-6H2,(H3,12,14,15,16,17). The van der Waals surface area contributed by atoms with Crippen LogP contribution >= 0.6 is 0 Å². The van der Waals surface area contributed by atoms with Gasteiger partial charge in [-0.15, -0.1) is 0 Å². The summed E-state index contributed by atoms with van der Waals surface area (Å²) in [5, 5.41) is 3.13. The highest BCUT2D eigenvalue weighted by Crippen LogP contribution is 2.13. The average Bonchev–Trinajstić information content (AvgIpc) is 3.09. The molecule has 1 aliphatic rings. The van der Waals surface area contributed by atoms with Gasteiger partial charge >= 0.3 is 0 Å². The first-order valence-corrected chi connectivity index (χ1v) is 6.16. The minimum Gasteiger partial charge on any atom is -0.376 e. The Morgan fingerprint density at radius 1 is 1.42 bits per heavy atom. The zero-order chi connectivity index (χ0) is 13.1. The Labute approximate surface area is 110 Å². The van der Waals surface area contributed by atoms with E-state index in [9.17, 15) is 0 Å². The van der Waals surface area contributed by atoms with Crippen molar-refractivity contribution in [1.82, 2.24) is 24.5 Å². The average molecular weight is 261 g/mol. The van der Waals surface area contributed by atoms with E-state index in [1.165, 1.54) is 0 Å². The first kappa shape index (κ1) is 11.8. The quantitative estimate of drug-likeness (QED) is 0.811. The Bertz CT molecular complexity index is 536. The van der Waals surface area contributed by atoms with E-state index < -0.39 is 0 Å². The van der Waals surface area contributed by atoms with Crippen LogP contribution in [-0.2, 0) is 4.74 Å². The van der Waals surface area contributed by atoms with E-state index in [4.69, 9.17) is 10.5 Å². The van der Waals surface area contributed by atoms with Crippen molar-refractivity contribution in [2.75, 3.05) is 24.2 Å². The number of ether oxygens (including phenoxy) is 1. The van der Waals surface area contributed by atoms with Gasteiger partial charge in [-0.2, -0.15) is 15.0 Å². The number of anilines is 2. The summed E-state index contributed by atoms with van der Waals surface area (Å²) in [5.74, 6) is 1.07. The molecule has 0 bridgehead atoms. The van der Waals surface area contributed by atoms with Crippen LogP contribution < -0.4 is 11.1 Å². The van der Waals surface area contributed by atoms with Gasteiger partial charge < -0.3 is 15.8 Å². The molecule has 0 amide bonds. The zero-order valence-electron chi connectivity index (χ0n) is 10.4. The van der Waals surface area contributed by atoms with Crippen molar-refractivity contribution in [3.05, 3.63) is 18.7 Å². The SMILES string of the molecule is Nc1nc(NCC2CCCO2)nc(-n2ccnc2)n1. The second-order valence-electron chi connectivity index (χ2n) is 4.30. The number of rotatable bonds is 4. The fourth-order valence-electron chi connectivity index (χ4n) is 1.96. The molecule has 1 aliphatic heterocycles. The van der Waals surface area contributed by atoms with E-state index in [0.29, 0.717) is 18.4 Å². The van der Waals surface area contributed by atoms with Gasteiger partial charge in [0, 0.05) is 25.5 Å². The van der Waals surface area contributed by atoms with E-state index in [1.807, 2.05) is 0 Å². The summed E-state index contributed by atoms with van der Waals surface area (Å²) in [4.78, 5) is 16.4. The smallest absolute Gasteiger partial charge is 0.241 e. The second-order valence-corrected chi connectivity index (χ2v) is 4.30. The van der Waals surface area contributed by atoms with E-state index in [2.05, 4.69) is 25.3 Å². The van der Waals surface area contributed by atoms with Crippen molar-refractivity contribution in [1.29, 1.82) is 0 Å². The number of aromatic nitrogens is 5. The molecule has 8 heteroatoms. The molecule has 1 atom stereocenters. The van der Waals surface area contributed by atoms with Crippen LogP contribution in [0.2, 0.25) is 0 Å². The molecule has 3 N–H and O–H groups in total. The summed E-state index contributed by atoms with van der Waals surface area (Å²) in [6.45, 7) is 1.50. The van der Waals surface area contributed by atoms with Crippen molar-refractivity contribution in [2.45, 2.75) is 18.9 Å². The van der Waals surface area contributed by atoms with Crippen molar-refractivity contribution < 1.29 is 4.74 Å². The Kier molecular flexibility index (Phi) is 3.23. The van der Waals surface area contributed by atoms with Crippen LogP contribution in [0.25, 0.3) is 5.95 Å². The largest absolute Gasteiger partial charge is 0.376 e. The van der Waals surface area contributed by atoms with Gasteiger partial charge in [-0.3, -0.25) is 4.57 Å². The summed E-state index contributed by atoms with van der Waals surface area (Å²) in [6.07, 6.45) is 7.39. The summed E-state index contributed by atoms with van der Waals surface area (Å²) < 4.78 is 7.20. The molecule has 100 valence electrons. The number of nitrogen functional groups attached to an aromatic ring is 1. The van der Waals surface area contributed by atoms with Gasteiger partial charge in [-0.25, -0.2) is 4.98 Å². The topological polar surface area (TPSA) is 104 Å². The number of hydrogen-bond donors (Lipinski definition) is 2. The maximum absolute atomic E-state index is 5.68. The number of nitrogens with zero attached hydrogens (tertiary/aromatic N) is 5. The monoisotopic (exact) mass is 261 g/mol.